The lowest BCUT2D eigenvalue weighted by Crippen LogP contribution is -2.21. The van der Waals surface area contributed by atoms with Crippen LogP contribution in [0.2, 0.25) is 10.0 Å². The molecule has 27 heavy (non-hydrogen) atoms. The maximum atomic E-state index is 11.8. The van der Waals surface area contributed by atoms with Gasteiger partial charge in [0, 0.05) is 11.4 Å². The van der Waals surface area contributed by atoms with Gasteiger partial charge in [-0.1, -0.05) is 29.3 Å². The molecule has 0 aromatic heterocycles. The summed E-state index contributed by atoms with van der Waals surface area (Å²) in [5.74, 6) is -0.211. The predicted octanol–water partition coefficient (Wildman–Crippen LogP) is 4.95. The van der Waals surface area contributed by atoms with Crippen LogP contribution in [-0.4, -0.2) is 25.1 Å². The Balaban J connectivity index is 1.65. The highest BCUT2D eigenvalue weighted by Crippen LogP contribution is 2.23. The molecule has 2 rings (SSSR count). The number of esters is 1. The van der Waals surface area contributed by atoms with Gasteiger partial charge in [-0.05, 0) is 61.7 Å². The second-order valence-electron chi connectivity index (χ2n) is 6.06. The standard InChI is InChI=1S/C20H21Cl2NO4/c1-13-5-8-18(17(22)10-13)23-19(24)12-27-20(25)4-3-9-26-15-6-7-16(21)14(2)11-15/h5-8,10-11H,3-4,9,12H2,1-2H3,(H,23,24). The van der Waals surface area contributed by atoms with Crippen molar-refractivity contribution in [2.24, 2.45) is 0 Å². The van der Waals surface area contributed by atoms with E-state index in [1.165, 1.54) is 0 Å². The zero-order valence-corrected chi connectivity index (χ0v) is 16.7. The topological polar surface area (TPSA) is 64.6 Å². The number of hydrogen-bond acceptors (Lipinski definition) is 4. The van der Waals surface area contributed by atoms with Gasteiger partial charge in [-0.25, -0.2) is 0 Å². The van der Waals surface area contributed by atoms with E-state index in [-0.39, 0.29) is 13.0 Å². The lowest BCUT2D eigenvalue weighted by molar-refractivity contribution is -0.147. The third-order valence-electron chi connectivity index (χ3n) is 3.69. The molecule has 0 saturated heterocycles. The summed E-state index contributed by atoms with van der Waals surface area (Å²) in [5.41, 5.74) is 2.39. The first kappa shape index (κ1) is 21.1. The maximum absolute atomic E-state index is 11.8. The first-order valence-electron chi connectivity index (χ1n) is 8.45. The molecule has 1 N–H and O–H groups in total. The fourth-order valence-corrected chi connectivity index (χ4v) is 2.64. The molecule has 7 heteroatoms. The molecule has 5 nitrogen and oxygen atoms in total. The summed E-state index contributed by atoms with van der Waals surface area (Å²) < 4.78 is 10.5. The highest BCUT2D eigenvalue weighted by molar-refractivity contribution is 6.33. The van der Waals surface area contributed by atoms with Crippen molar-refractivity contribution in [2.45, 2.75) is 26.7 Å². The molecule has 0 aliphatic heterocycles. The molecule has 1 amide bonds. The van der Waals surface area contributed by atoms with Crippen molar-refractivity contribution in [3.8, 4) is 5.75 Å². The molecular weight excluding hydrogens is 389 g/mol. The number of aryl methyl sites for hydroxylation is 2. The molecule has 0 fully saturated rings. The highest BCUT2D eigenvalue weighted by atomic mass is 35.5. The second kappa shape index (κ2) is 10.2. The smallest absolute Gasteiger partial charge is 0.306 e. The minimum absolute atomic E-state index is 0.158. The second-order valence-corrected chi connectivity index (χ2v) is 6.87. The number of amides is 1. The molecular formula is C20H21Cl2NO4. The molecule has 0 aliphatic carbocycles. The molecule has 0 aliphatic rings. The molecule has 0 atom stereocenters. The lowest BCUT2D eigenvalue weighted by atomic mass is 10.2. The van der Waals surface area contributed by atoms with Gasteiger partial charge in [0.15, 0.2) is 6.61 Å². The van der Waals surface area contributed by atoms with E-state index in [1.807, 2.05) is 26.0 Å². The number of halogens is 2. The van der Waals surface area contributed by atoms with E-state index in [4.69, 9.17) is 32.7 Å². The van der Waals surface area contributed by atoms with Gasteiger partial charge in [0.05, 0.1) is 17.3 Å². The Bertz CT molecular complexity index is 824. The van der Waals surface area contributed by atoms with Crippen molar-refractivity contribution in [1.29, 1.82) is 0 Å². The van der Waals surface area contributed by atoms with Crippen molar-refractivity contribution in [1.82, 2.24) is 0 Å². The van der Waals surface area contributed by atoms with E-state index < -0.39 is 11.9 Å². The summed E-state index contributed by atoms with van der Waals surface area (Å²) in [5, 5.41) is 3.72. The van der Waals surface area contributed by atoms with Crippen LogP contribution in [0.1, 0.15) is 24.0 Å². The Hall–Kier alpha value is -2.24. The van der Waals surface area contributed by atoms with Gasteiger partial charge in [0.1, 0.15) is 5.75 Å². The quantitative estimate of drug-likeness (QED) is 0.494. The van der Waals surface area contributed by atoms with Crippen molar-refractivity contribution >= 4 is 40.8 Å². The van der Waals surface area contributed by atoms with Gasteiger partial charge >= 0.3 is 5.97 Å². The van der Waals surface area contributed by atoms with Crippen molar-refractivity contribution in [2.75, 3.05) is 18.5 Å². The third kappa shape index (κ3) is 7.12. The molecule has 0 radical (unpaired) electrons. The molecule has 0 heterocycles. The number of anilines is 1. The fraction of sp³-hybridized carbons (Fsp3) is 0.300. The van der Waals surface area contributed by atoms with E-state index in [0.717, 1.165) is 11.1 Å². The molecule has 0 bridgehead atoms. The van der Waals surface area contributed by atoms with E-state index >= 15 is 0 Å². The van der Waals surface area contributed by atoms with E-state index in [1.54, 1.807) is 24.3 Å². The number of benzene rings is 2. The van der Waals surface area contributed by atoms with Crippen LogP contribution in [0.3, 0.4) is 0 Å². The predicted molar refractivity (Wildman–Crippen MR) is 107 cm³/mol. The zero-order chi connectivity index (χ0) is 19.8. The Morgan fingerprint density at radius 1 is 1.04 bits per heavy atom. The van der Waals surface area contributed by atoms with Crippen LogP contribution in [0.5, 0.6) is 5.75 Å². The molecule has 0 saturated carbocycles. The molecule has 2 aromatic carbocycles. The Labute approximate surface area is 168 Å². The fourth-order valence-electron chi connectivity index (χ4n) is 2.24. The molecule has 2 aromatic rings. The normalized spacial score (nSPS) is 10.4. The summed E-state index contributed by atoms with van der Waals surface area (Å²) in [6.45, 7) is 3.79. The lowest BCUT2D eigenvalue weighted by Gasteiger charge is -2.09. The van der Waals surface area contributed by atoms with Crippen LogP contribution in [-0.2, 0) is 14.3 Å². The molecule has 0 spiro atoms. The van der Waals surface area contributed by atoms with E-state index in [0.29, 0.717) is 34.5 Å². The minimum Gasteiger partial charge on any atom is -0.494 e. The summed E-state index contributed by atoms with van der Waals surface area (Å²) in [6, 6.07) is 10.6. The minimum atomic E-state index is -0.462. The number of nitrogens with one attached hydrogen (secondary N) is 1. The molecule has 0 unspecified atom stereocenters. The van der Waals surface area contributed by atoms with Crippen molar-refractivity contribution in [3.05, 3.63) is 57.6 Å². The third-order valence-corrected chi connectivity index (χ3v) is 4.42. The van der Waals surface area contributed by atoms with Crippen LogP contribution in [0.25, 0.3) is 0 Å². The Kier molecular flexibility index (Phi) is 7.95. The maximum Gasteiger partial charge on any atom is 0.306 e. The van der Waals surface area contributed by atoms with Gasteiger partial charge in [0.2, 0.25) is 0 Å². The van der Waals surface area contributed by atoms with Crippen LogP contribution in [0.15, 0.2) is 36.4 Å². The van der Waals surface area contributed by atoms with Gasteiger partial charge in [0.25, 0.3) is 5.91 Å². The zero-order valence-electron chi connectivity index (χ0n) is 15.2. The van der Waals surface area contributed by atoms with Crippen LogP contribution < -0.4 is 10.1 Å². The van der Waals surface area contributed by atoms with Crippen molar-refractivity contribution < 1.29 is 19.1 Å². The van der Waals surface area contributed by atoms with Crippen LogP contribution in [0, 0.1) is 13.8 Å². The average Bonchev–Trinajstić information content (AvgIpc) is 2.62. The Morgan fingerprint density at radius 2 is 1.81 bits per heavy atom. The number of ether oxygens (including phenoxy) is 2. The van der Waals surface area contributed by atoms with Crippen molar-refractivity contribution in [3.63, 3.8) is 0 Å². The number of carbonyl (C=O) groups excluding carboxylic acids is 2. The summed E-state index contributed by atoms with van der Waals surface area (Å²) in [7, 11) is 0. The SMILES string of the molecule is Cc1ccc(NC(=O)COC(=O)CCCOc2ccc(Cl)c(C)c2)c(Cl)c1. The van der Waals surface area contributed by atoms with Gasteiger partial charge in [-0.2, -0.15) is 0 Å². The first-order chi connectivity index (χ1) is 12.8. The van der Waals surface area contributed by atoms with Gasteiger partial charge in [-0.15, -0.1) is 0 Å². The summed E-state index contributed by atoms with van der Waals surface area (Å²) in [6.07, 6.45) is 0.636. The largest absolute Gasteiger partial charge is 0.494 e. The summed E-state index contributed by atoms with van der Waals surface area (Å²) >= 11 is 12.0. The monoisotopic (exact) mass is 409 g/mol. The number of rotatable bonds is 8. The average molecular weight is 410 g/mol. The molecule has 144 valence electrons. The highest BCUT2D eigenvalue weighted by Gasteiger charge is 2.10. The summed E-state index contributed by atoms with van der Waals surface area (Å²) in [4.78, 5) is 23.6. The van der Waals surface area contributed by atoms with Gasteiger partial charge in [-0.3, -0.25) is 9.59 Å². The first-order valence-corrected chi connectivity index (χ1v) is 9.21. The van der Waals surface area contributed by atoms with E-state index in [9.17, 15) is 9.59 Å². The van der Waals surface area contributed by atoms with E-state index in [2.05, 4.69) is 5.32 Å². The number of hydrogen-bond donors (Lipinski definition) is 1. The van der Waals surface area contributed by atoms with Gasteiger partial charge < -0.3 is 14.8 Å². The van der Waals surface area contributed by atoms with Crippen LogP contribution >= 0.6 is 23.2 Å². The van der Waals surface area contributed by atoms with Crippen LogP contribution in [0.4, 0.5) is 5.69 Å². The Morgan fingerprint density at radius 3 is 2.52 bits per heavy atom. The number of carbonyl (C=O) groups is 2.